The van der Waals surface area contributed by atoms with Crippen LogP contribution in [0.4, 0.5) is 5.69 Å². The Hall–Kier alpha value is -0.760. The summed E-state index contributed by atoms with van der Waals surface area (Å²) in [7, 11) is 0. The molecule has 76 valence electrons. The number of aryl methyl sites for hydroxylation is 1. The fraction of sp³-hybridized carbons (Fsp3) is 0.333. The molecule has 0 aromatic heterocycles. The van der Waals surface area contributed by atoms with Gasteiger partial charge >= 0.3 is 0 Å². The Morgan fingerprint density at radius 1 is 1.57 bits per heavy atom. The van der Waals surface area contributed by atoms with E-state index >= 15 is 0 Å². The normalized spacial score (nSPS) is 12.2. The number of nitrogens with one attached hydrogen (secondary N) is 1. The molecule has 0 radical (unpaired) electrons. The molecule has 1 aromatic carbocycles. The van der Waals surface area contributed by atoms with Crippen molar-refractivity contribution in [2.45, 2.75) is 26.3 Å². The van der Waals surface area contributed by atoms with Crippen LogP contribution >= 0.6 is 15.9 Å². The molecule has 1 N–H and O–H groups in total. The van der Waals surface area contributed by atoms with Gasteiger partial charge in [-0.3, -0.25) is 0 Å². The molecule has 2 heteroatoms. The van der Waals surface area contributed by atoms with E-state index in [0.29, 0.717) is 6.04 Å². The zero-order chi connectivity index (χ0) is 10.6. The van der Waals surface area contributed by atoms with E-state index in [4.69, 9.17) is 0 Å². The van der Waals surface area contributed by atoms with Crippen LogP contribution in [0, 0.1) is 0 Å². The monoisotopic (exact) mass is 253 g/mol. The van der Waals surface area contributed by atoms with E-state index < -0.39 is 0 Å². The molecule has 14 heavy (non-hydrogen) atoms. The minimum Gasteiger partial charge on any atom is -0.379 e. The molecule has 1 rings (SSSR count). The van der Waals surface area contributed by atoms with Crippen LogP contribution in [0.3, 0.4) is 0 Å². The lowest BCUT2D eigenvalue weighted by Gasteiger charge is -2.14. The molecule has 0 heterocycles. The molecular weight excluding hydrogens is 238 g/mol. The summed E-state index contributed by atoms with van der Waals surface area (Å²) >= 11 is 3.47. The SMILES string of the molecule is C=CC(C)Nc1ccc(Br)cc1CC. The maximum absolute atomic E-state index is 3.76. The highest BCUT2D eigenvalue weighted by Crippen LogP contribution is 2.22. The summed E-state index contributed by atoms with van der Waals surface area (Å²) in [5, 5.41) is 3.40. The van der Waals surface area contributed by atoms with Gasteiger partial charge in [0.1, 0.15) is 0 Å². The van der Waals surface area contributed by atoms with Gasteiger partial charge in [-0.25, -0.2) is 0 Å². The van der Waals surface area contributed by atoms with Crippen LogP contribution in [0.15, 0.2) is 35.3 Å². The van der Waals surface area contributed by atoms with Gasteiger partial charge in [0.2, 0.25) is 0 Å². The Kier molecular flexibility index (Phi) is 4.21. The van der Waals surface area contributed by atoms with Crippen LogP contribution in [0.1, 0.15) is 19.4 Å². The van der Waals surface area contributed by atoms with Crippen molar-refractivity contribution in [2.75, 3.05) is 5.32 Å². The number of rotatable bonds is 4. The molecule has 1 unspecified atom stereocenters. The quantitative estimate of drug-likeness (QED) is 0.801. The number of benzene rings is 1. The largest absolute Gasteiger partial charge is 0.379 e. The number of hydrogen-bond donors (Lipinski definition) is 1. The number of halogens is 1. The molecule has 0 saturated heterocycles. The van der Waals surface area contributed by atoms with Gasteiger partial charge in [0.15, 0.2) is 0 Å². The summed E-state index contributed by atoms with van der Waals surface area (Å²) in [6.07, 6.45) is 2.94. The summed E-state index contributed by atoms with van der Waals surface area (Å²) in [5.74, 6) is 0. The van der Waals surface area contributed by atoms with Crippen LogP contribution in [0.2, 0.25) is 0 Å². The van der Waals surface area contributed by atoms with Gasteiger partial charge in [-0.15, -0.1) is 6.58 Å². The second-order valence-corrected chi connectivity index (χ2v) is 4.24. The van der Waals surface area contributed by atoms with Crippen molar-refractivity contribution < 1.29 is 0 Å². The average Bonchev–Trinajstić information content (AvgIpc) is 2.20. The molecule has 1 aromatic rings. The number of hydrogen-bond acceptors (Lipinski definition) is 1. The van der Waals surface area contributed by atoms with Crippen molar-refractivity contribution >= 4 is 21.6 Å². The highest BCUT2D eigenvalue weighted by Gasteiger charge is 2.02. The van der Waals surface area contributed by atoms with Crippen LogP contribution in [0.5, 0.6) is 0 Å². The maximum atomic E-state index is 3.76. The van der Waals surface area contributed by atoms with E-state index in [1.165, 1.54) is 11.3 Å². The smallest absolute Gasteiger partial charge is 0.0413 e. The average molecular weight is 254 g/mol. The molecule has 0 aliphatic carbocycles. The van der Waals surface area contributed by atoms with Gasteiger partial charge in [-0.1, -0.05) is 28.9 Å². The minimum absolute atomic E-state index is 0.307. The van der Waals surface area contributed by atoms with Crippen LogP contribution < -0.4 is 5.32 Å². The van der Waals surface area contributed by atoms with E-state index in [0.717, 1.165) is 10.9 Å². The first-order chi connectivity index (χ1) is 6.67. The van der Waals surface area contributed by atoms with Crippen molar-refractivity contribution in [1.29, 1.82) is 0 Å². The molecule has 0 bridgehead atoms. The van der Waals surface area contributed by atoms with Gasteiger partial charge < -0.3 is 5.32 Å². The third-order valence-electron chi connectivity index (χ3n) is 2.18. The molecule has 0 amide bonds. The predicted octanol–water partition coefficient (Wildman–Crippen LogP) is 4.00. The first-order valence-electron chi connectivity index (χ1n) is 4.85. The van der Waals surface area contributed by atoms with Crippen molar-refractivity contribution in [1.82, 2.24) is 0 Å². The molecule has 0 saturated carbocycles. The third-order valence-corrected chi connectivity index (χ3v) is 2.68. The lowest BCUT2D eigenvalue weighted by Crippen LogP contribution is -2.12. The fourth-order valence-corrected chi connectivity index (χ4v) is 1.71. The van der Waals surface area contributed by atoms with Gasteiger partial charge in [0, 0.05) is 16.2 Å². The van der Waals surface area contributed by atoms with E-state index in [1.807, 2.05) is 6.08 Å². The highest BCUT2D eigenvalue weighted by atomic mass is 79.9. The molecule has 0 aliphatic heterocycles. The second-order valence-electron chi connectivity index (χ2n) is 3.32. The molecule has 0 spiro atoms. The van der Waals surface area contributed by atoms with Crippen LogP contribution in [-0.2, 0) is 6.42 Å². The van der Waals surface area contributed by atoms with Crippen LogP contribution in [-0.4, -0.2) is 6.04 Å². The van der Waals surface area contributed by atoms with Gasteiger partial charge in [-0.05, 0) is 37.1 Å². The van der Waals surface area contributed by atoms with E-state index in [1.54, 1.807) is 0 Å². The Labute approximate surface area is 94.3 Å². The van der Waals surface area contributed by atoms with Gasteiger partial charge in [0.05, 0.1) is 0 Å². The standard InChI is InChI=1S/C12H16BrN/c1-4-9(3)14-12-7-6-11(13)8-10(12)5-2/h4,6-9,14H,1,5H2,2-3H3. The van der Waals surface area contributed by atoms with E-state index in [9.17, 15) is 0 Å². The number of anilines is 1. The molecule has 1 atom stereocenters. The second kappa shape index (κ2) is 5.20. The molecular formula is C12H16BrN. The van der Waals surface area contributed by atoms with Crippen molar-refractivity contribution in [3.05, 3.63) is 40.9 Å². The minimum atomic E-state index is 0.307. The summed E-state index contributed by atoms with van der Waals surface area (Å²) in [6, 6.07) is 6.61. The summed E-state index contributed by atoms with van der Waals surface area (Å²) in [5.41, 5.74) is 2.52. The van der Waals surface area contributed by atoms with Crippen LogP contribution in [0.25, 0.3) is 0 Å². The first-order valence-corrected chi connectivity index (χ1v) is 5.64. The zero-order valence-electron chi connectivity index (χ0n) is 8.68. The predicted molar refractivity (Wildman–Crippen MR) is 66.8 cm³/mol. The fourth-order valence-electron chi connectivity index (χ4n) is 1.30. The third kappa shape index (κ3) is 2.88. The molecule has 0 fully saturated rings. The van der Waals surface area contributed by atoms with E-state index in [-0.39, 0.29) is 0 Å². The Morgan fingerprint density at radius 2 is 2.29 bits per heavy atom. The van der Waals surface area contributed by atoms with Crippen molar-refractivity contribution in [2.24, 2.45) is 0 Å². The maximum Gasteiger partial charge on any atom is 0.0413 e. The summed E-state index contributed by atoms with van der Waals surface area (Å²) in [6.45, 7) is 8.01. The zero-order valence-corrected chi connectivity index (χ0v) is 10.3. The Balaban J connectivity index is 2.90. The summed E-state index contributed by atoms with van der Waals surface area (Å²) < 4.78 is 1.13. The van der Waals surface area contributed by atoms with Crippen molar-refractivity contribution in [3.8, 4) is 0 Å². The summed E-state index contributed by atoms with van der Waals surface area (Å²) in [4.78, 5) is 0. The molecule has 0 aliphatic rings. The first kappa shape index (κ1) is 11.3. The highest BCUT2D eigenvalue weighted by molar-refractivity contribution is 9.10. The molecule has 1 nitrogen and oxygen atoms in total. The van der Waals surface area contributed by atoms with Gasteiger partial charge in [-0.2, -0.15) is 0 Å². The van der Waals surface area contributed by atoms with Gasteiger partial charge in [0.25, 0.3) is 0 Å². The lowest BCUT2D eigenvalue weighted by molar-refractivity contribution is 0.988. The van der Waals surface area contributed by atoms with Crippen molar-refractivity contribution in [3.63, 3.8) is 0 Å². The Bertz CT molecular complexity index is 320. The lowest BCUT2D eigenvalue weighted by atomic mass is 10.1. The Morgan fingerprint density at radius 3 is 2.86 bits per heavy atom. The van der Waals surface area contributed by atoms with E-state index in [2.05, 4.69) is 59.9 Å². The topological polar surface area (TPSA) is 12.0 Å².